The van der Waals surface area contributed by atoms with E-state index in [4.69, 9.17) is 21.0 Å². The second kappa shape index (κ2) is 6.50. The molecule has 0 aromatic rings. The Morgan fingerprint density at radius 3 is 2.78 bits per heavy atom. The van der Waals surface area contributed by atoms with Gasteiger partial charge in [-0.15, -0.1) is 0 Å². The minimum absolute atomic E-state index is 0.0537. The Kier molecular flexibility index (Phi) is 5.56. The molecule has 2 atom stereocenters. The van der Waals surface area contributed by atoms with Crippen molar-refractivity contribution in [3.63, 3.8) is 0 Å². The Bertz CT molecular complexity index is 281. The van der Waals surface area contributed by atoms with Gasteiger partial charge in [-0.05, 0) is 26.3 Å². The Morgan fingerprint density at radius 1 is 1.56 bits per heavy atom. The van der Waals surface area contributed by atoms with Crippen LogP contribution in [0.1, 0.15) is 33.6 Å². The molecule has 0 amide bonds. The zero-order valence-corrected chi connectivity index (χ0v) is 11.8. The topological polar surface area (TPSA) is 82.6 Å². The number of nitrogens with zero attached hydrogens (tertiary/aromatic N) is 1. The van der Waals surface area contributed by atoms with E-state index >= 15 is 0 Å². The molecular weight excluding hydrogens is 230 g/mol. The van der Waals surface area contributed by atoms with Crippen LogP contribution in [0.25, 0.3) is 0 Å². The van der Waals surface area contributed by atoms with E-state index in [1.165, 1.54) is 0 Å². The molecule has 1 aliphatic heterocycles. The predicted molar refractivity (Wildman–Crippen MR) is 72.8 cm³/mol. The molecule has 0 aromatic carbocycles. The summed E-state index contributed by atoms with van der Waals surface area (Å²) in [6, 6.07) is 0.397. The van der Waals surface area contributed by atoms with Crippen molar-refractivity contribution in [2.45, 2.75) is 45.8 Å². The van der Waals surface area contributed by atoms with Crippen LogP contribution in [-0.2, 0) is 4.74 Å². The van der Waals surface area contributed by atoms with E-state index in [-0.39, 0.29) is 24.0 Å². The highest BCUT2D eigenvalue weighted by atomic mass is 16.5. The van der Waals surface area contributed by atoms with Crippen molar-refractivity contribution >= 4 is 5.84 Å². The maximum absolute atomic E-state index is 9.13. The van der Waals surface area contributed by atoms with Crippen molar-refractivity contribution in [1.82, 2.24) is 4.90 Å². The SMILES string of the molecule is CC1COC(CO)CN1CCCC(C)(C)C(=N)N. The zero-order valence-electron chi connectivity index (χ0n) is 11.8. The van der Waals surface area contributed by atoms with E-state index in [2.05, 4.69) is 11.8 Å². The number of amidine groups is 1. The molecule has 1 fully saturated rings. The molecule has 0 aromatic heterocycles. The first kappa shape index (κ1) is 15.4. The van der Waals surface area contributed by atoms with Crippen LogP contribution in [-0.4, -0.2) is 54.3 Å². The van der Waals surface area contributed by atoms with Gasteiger partial charge in [0.2, 0.25) is 0 Å². The third-order valence-electron chi connectivity index (χ3n) is 3.81. The maximum atomic E-state index is 9.13. The Morgan fingerprint density at radius 2 is 2.22 bits per heavy atom. The number of aliphatic hydroxyl groups excluding tert-OH is 1. The average Bonchev–Trinajstić information content (AvgIpc) is 2.31. The summed E-state index contributed by atoms with van der Waals surface area (Å²) < 4.78 is 5.51. The van der Waals surface area contributed by atoms with Crippen LogP contribution in [0.3, 0.4) is 0 Å². The van der Waals surface area contributed by atoms with Crippen LogP contribution < -0.4 is 5.73 Å². The molecule has 1 rings (SSSR count). The highest BCUT2D eigenvalue weighted by Crippen LogP contribution is 2.22. The Balaban J connectivity index is 2.35. The van der Waals surface area contributed by atoms with Gasteiger partial charge in [0.25, 0.3) is 0 Å². The first-order valence-electron chi connectivity index (χ1n) is 6.68. The minimum atomic E-state index is -0.216. The smallest absolute Gasteiger partial charge is 0.0963 e. The van der Waals surface area contributed by atoms with Gasteiger partial charge in [0.1, 0.15) is 0 Å². The van der Waals surface area contributed by atoms with E-state index in [9.17, 15) is 0 Å². The number of hydrogen-bond donors (Lipinski definition) is 3. The normalized spacial score (nSPS) is 26.2. The molecule has 0 saturated carbocycles. The molecule has 5 nitrogen and oxygen atoms in total. The summed E-state index contributed by atoms with van der Waals surface area (Å²) in [5.41, 5.74) is 5.36. The summed E-state index contributed by atoms with van der Waals surface area (Å²) in [5, 5.41) is 16.7. The van der Waals surface area contributed by atoms with Crippen LogP contribution in [0.15, 0.2) is 0 Å². The standard InChI is InChI=1S/C13H27N3O2/c1-10-9-18-11(8-17)7-16(10)6-4-5-13(2,3)12(14)15/h10-11,17H,4-9H2,1-3H3,(H3,14,15). The summed E-state index contributed by atoms with van der Waals surface area (Å²) in [6.45, 7) is 8.69. The van der Waals surface area contributed by atoms with Crippen molar-refractivity contribution in [2.24, 2.45) is 11.1 Å². The second-order valence-corrected chi connectivity index (χ2v) is 5.88. The Labute approximate surface area is 110 Å². The van der Waals surface area contributed by atoms with Crippen LogP contribution in [0.5, 0.6) is 0 Å². The number of aliphatic hydroxyl groups is 1. The maximum Gasteiger partial charge on any atom is 0.0963 e. The van der Waals surface area contributed by atoms with E-state index in [1.54, 1.807) is 0 Å². The van der Waals surface area contributed by atoms with Crippen LogP contribution in [0, 0.1) is 10.8 Å². The molecule has 1 saturated heterocycles. The van der Waals surface area contributed by atoms with E-state index < -0.39 is 0 Å². The minimum Gasteiger partial charge on any atom is -0.394 e. The fourth-order valence-corrected chi connectivity index (χ4v) is 2.16. The molecule has 1 heterocycles. The van der Waals surface area contributed by atoms with Crippen molar-refractivity contribution in [3.8, 4) is 0 Å². The van der Waals surface area contributed by atoms with Crippen LogP contribution >= 0.6 is 0 Å². The second-order valence-electron chi connectivity index (χ2n) is 5.88. The van der Waals surface area contributed by atoms with Gasteiger partial charge in [-0.25, -0.2) is 0 Å². The quantitative estimate of drug-likeness (QED) is 0.486. The lowest BCUT2D eigenvalue weighted by Gasteiger charge is -2.38. The number of nitrogens with one attached hydrogen (secondary N) is 1. The summed E-state index contributed by atoms with van der Waals surface area (Å²) >= 11 is 0. The van der Waals surface area contributed by atoms with E-state index in [0.29, 0.717) is 12.6 Å². The molecule has 1 aliphatic rings. The third-order valence-corrected chi connectivity index (χ3v) is 3.81. The number of hydrogen-bond acceptors (Lipinski definition) is 4. The fourth-order valence-electron chi connectivity index (χ4n) is 2.16. The highest BCUT2D eigenvalue weighted by Gasteiger charge is 2.26. The first-order chi connectivity index (χ1) is 8.36. The number of rotatable bonds is 6. The first-order valence-corrected chi connectivity index (χ1v) is 6.68. The highest BCUT2D eigenvalue weighted by molar-refractivity contribution is 5.82. The number of nitrogens with two attached hydrogens (primary N) is 1. The fraction of sp³-hybridized carbons (Fsp3) is 0.923. The lowest BCUT2D eigenvalue weighted by atomic mass is 9.86. The molecule has 0 bridgehead atoms. The predicted octanol–water partition coefficient (Wildman–Crippen LogP) is 0.810. The van der Waals surface area contributed by atoms with Crippen molar-refractivity contribution < 1.29 is 9.84 Å². The van der Waals surface area contributed by atoms with Gasteiger partial charge in [-0.2, -0.15) is 0 Å². The molecule has 18 heavy (non-hydrogen) atoms. The van der Waals surface area contributed by atoms with Gasteiger partial charge in [0.05, 0.1) is 25.2 Å². The summed E-state index contributed by atoms with van der Waals surface area (Å²) in [5.74, 6) is 0.255. The summed E-state index contributed by atoms with van der Waals surface area (Å²) in [4.78, 5) is 2.35. The lowest BCUT2D eigenvalue weighted by Crippen LogP contribution is -2.49. The van der Waals surface area contributed by atoms with Gasteiger partial charge < -0.3 is 15.6 Å². The van der Waals surface area contributed by atoms with Gasteiger partial charge in [-0.3, -0.25) is 10.3 Å². The number of morpholine rings is 1. The molecular formula is C13H27N3O2. The van der Waals surface area contributed by atoms with Gasteiger partial charge in [-0.1, -0.05) is 13.8 Å². The van der Waals surface area contributed by atoms with Crippen molar-refractivity contribution in [3.05, 3.63) is 0 Å². The van der Waals surface area contributed by atoms with Crippen molar-refractivity contribution in [2.75, 3.05) is 26.3 Å². The van der Waals surface area contributed by atoms with Crippen LogP contribution in [0.4, 0.5) is 0 Å². The summed E-state index contributed by atoms with van der Waals surface area (Å²) in [6.07, 6.45) is 1.87. The van der Waals surface area contributed by atoms with E-state index in [0.717, 1.165) is 25.9 Å². The summed E-state index contributed by atoms with van der Waals surface area (Å²) in [7, 11) is 0. The monoisotopic (exact) mass is 257 g/mol. The average molecular weight is 257 g/mol. The molecule has 4 N–H and O–H groups in total. The lowest BCUT2D eigenvalue weighted by molar-refractivity contribution is -0.0782. The van der Waals surface area contributed by atoms with Gasteiger partial charge in [0, 0.05) is 18.0 Å². The molecule has 0 aliphatic carbocycles. The van der Waals surface area contributed by atoms with Gasteiger partial charge >= 0.3 is 0 Å². The van der Waals surface area contributed by atoms with E-state index in [1.807, 2.05) is 13.8 Å². The molecule has 0 radical (unpaired) electrons. The Hall–Kier alpha value is -0.650. The number of ether oxygens (including phenoxy) is 1. The molecule has 106 valence electrons. The largest absolute Gasteiger partial charge is 0.394 e. The van der Waals surface area contributed by atoms with Gasteiger partial charge in [0.15, 0.2) is 0 Å². The zero-order chi connectivity index (χ0) is 13.8. The molecule has 5 heteroatoms. The molecule has 0 spiro atoms. The third kappa shape index (κ3) is 4.23. The molecule has 2 unspecified atom stereocenters. The van der Waals surface area contributed by atoms with Crippen molar-refractivity contribution in [1.29, 1.82) is 5.41 Å². The van der Waals surface area contributed by atoms with Crippen LogP contribution in [0.2, 0.25) is 0 Å².